The summed E-state index contributed by atoms with van der Waals surface area (Å²) in [6.45, 7) is 14.4. The van der Waals surface area contributed by atoms with Crippen LogP contribution in [0.2, 0.25) is 0 Å². The molecular weight excluding hydrogens is 210 g/mol. The fraction of sp³-hybridized carbons (Fsp3) is 0.733. The van der Waals surface area contributed by atoms with E-state index >= 15 is 0 Å². The average molecular weight is 237 g/mol. The summed E-state index contributed by atoms with van der Waals surface area (Å²) in [7, 11) is 2.13. The maximum Gasteiger partial charge on any atom is 0.108 e. The lowest BCUT2D eigenvalue weighted by Crippen LogP contribution is -2.29. The van der Waals surface area contributed by atoms with Crippen molar-refractivity contribution >= 4 is 0 Å². The molecule has 0 N–H and O–H groups in total. The van der Waals surface area contributed by atoms with Crippen molar-refractivity contribution in [3.63, 3.8) is 0 Å². The maximum atomic E-state index is 5.42. The van der Waals surface area contributed by atoms with Crippen LogP contribution >= 0.6 is 0 Å². The Morgan fingerprint density at radius 2 is 2.24 bits per heavy atom. The summed E-state index contributed by atoms with van der Waals surface area (Å²) in [6.07, 6.45) is 4.81. The zero-order valence-electron chi connectivity index (χ0n) is 12.0. The summed E-state index contributed by atoms with van der Waals surface area (Å²) < 4.78 is 5.42. The van der Waals surface area contributed by atoms with Gasteiger partial charge >= 0.3 is 0 Å². The van der Waals surface area contributed by atoms with Crippen LogP contribution in [0.5, 0.6) is 0 Å². The lowest BCUT2D eigenvalue weighted by atomic mass is 9.75. The van der Waals surface area contributed by atoms with Gasteiger partial charge in [-0.15, -0.1) is 0 Å². The maximum absolute atomic E-state index is 5.42. The first-order valence-electron chi connectivity index (χ1n) is 6.56. The summed E-state index contributed by atoms with van der Waals surface area (Å²) in [5, 5.41) is 0. The van der Waals surface area contributed by atoms with E-state index in [0.717, 1.165) is 18.7 Å². The summed E-state index contributed by atoms with van der Waals surface area (Å²) >= 11 is 0. The second-order valence-corrected chi connectivity index (χ2v) is 6.01. The Balaban J connectivity index is 2.62. The van der Waals surface area contributed by atoms with Crippen LogP contribution in [-0.4, -0.2) is 25.1 Å². The standard InChI is InChI=1S/C15H27NO/c1-7-17-13(3)11-16(6)14-8-12(2)9-15(4,5)10-14/h8,12H,3,7,9-11H2,1-2,4-6H3. The first-order chi connectivity index (χ1) is 7.84. The molecule has 0 aromatic carbocycles. The molecule has 1 aliphatic rings. The van der Waals surface area contributed by atoms with Gasteiger partial charge in [-0.1, -0.05) is 33.4 Å². The molecule has 0 amide bonds. The molecule has 0 aromatic rings. The van der Waals surface area contributed by atoms with E-state index in [1.54, 1.807) is 0 Å². The molecule has 1 unspecified atom stereocenters. The fourth-order valence-electron chi connectivity index (χ4n) is 2.76. The van der Waals surface area contributed by atoms with Crippen molar-refractivity contribution in [3.8, 4) is 0 Å². The summed E-state index contributed by atoms with van der Waals surface area (Å²) in [4.78, 5) is 2.27. The zero-order valence-corrected chi connectivity index (χ0v) is 12.0. The molecule has 2 heteroatoms. The van der Waals surface area contributed by atoms with Crippen molar-refractivity contribution < 1.29 is 4.74 Å². The van der Waals surface area contributed by atoms with Crippen molar-refractivity contribution in [3.05, 3.63) is 24.1 Å². The average Bonchev–Trinajstić information content (AvgIpc) is 2.14. The highest BCUT2D eigenvalue weighted by Crippen LogP contribution is 2.38. The van der Waals surface area contributed by atoms with Gasteiger partial charge in [0.1, 0.15) is 5.76 Å². The minimum absolute atomic E-state index is 0.407. The molecule has 1 rings (SSSR count). The van der Waals surface area contributed by atoms with Gasteiger partial charge in [0.2, 0.25) is 0 Å². The molecule has 0 aromatic heterocycles. The number of likely N-dealkylation sites (N-methyl/N-ethyl adjacent to an activating group) is 1. The lowest BCUT2D eigenvalue weighted by Gasteiger charge is -2.37. The highest BCUT2D eigenvalue weighted by atomic mass is 16.5. The molecule has 17 heavy (non-hydrogen) atoms. The van der Waals surface area contributed by atoms with Gasteiger partial charge in [0.15, 0.2) is 0 Å². The predicted molar refractivity (Wildman–Crippen MR) is 73.7 cm³/mol. The molecule has 0 heterocycles. The van der Waals surface area contributed by atoms with Gasteiger partial charge in [-0.2, -0.15) is 0 Å². The monoisotopic (exact) mass is 237 g/mol. The van der Waals surface area contributed by atoms with Gasteiger partial charge in [-0.05, 0) is 31.1 Å². The lowest BCUT2D eigenvalue weighted by molar-refractivity contribution is 0.190. The van der Waals surface area contributed by atoms with E-state index in [0.29, 0.717) is 17.9 Å². The van der Waals surface area contributed by atoms with Crippen molar-refractivity contribution in [1.29, 1.82) is 0 Å². The third-order valence-electron chi connectivity index (χ3n) is 3.26. The van der Waals surface area contributed by atoms with E-state index in [9.17, 15) is 0 Å². The Bertz CT molecular complexity index is 304. The quantitative estimate of drug-likeness (QED) is 0.674. The largest absolute Gasteiger partial charge is 0.497 e. The predicted octanol–water partition coefficient (Wildman–Crippen LogP) is 3.81. The molecule has 0 spiro atoms. The van der Waals surface area contributed by atoms with Crippen molar-refractivity contribution in [2.45, 2.75) is 40.5 Å². The molecule has 1 aliphatic carbocycles. The molecule has 0 saturated heterocycles. The Labute approximate surface area is 106 Å². The molecular formula is C15H27NO. The summed E-state index contributed by atoms with van der Waals surface area (Å²) in [5.41, 5.74) is 1.83. The molecule has 1 atom stereocenters. The number of nitrogens with zero attached hydrogens (tertiary/aromatic N) is 1. The number of hydrogen-bond acceptors (Lipinski definition) is 2. The molecule has 2 nitrogen and oxygen atoms in total. The second kappa shape index (κ2) is 5.61. The highest BCUT2D eigenvalue weighted by molar-refractivity contribution is 5.11. The smallest absolute Gasteiger partial charge is 0.108 e. The van der Waals surface area contributed by atoms with E-state index < -0.39 is 0 Å². The Hall–Kier alpha value is -0.920. The van der Waals surface area contributed by atoms with Gasteiger partial charge in [0.05, 0.1) is 13.2 Å². The van der Waals surface area contributed by atoms with Crippen molar-refractivity contribution in [2.75, 3.05) is 20.2 Å². The first kappa shape index (κ1) is 14.1. The second-order valence-electron chi connectivity index (χ2n) is 6.01. The SMILES string of the molecule is C=C(CN(C)C1=CC(C)CC(C)(C)C1)OCC. The Morgan fingerprint density at radius 1 is 1.59 bits per heavy atom. The van der Waals surface area contributed by atoms with Crippen LogP contribution in [0.1, 0.15) is 40.5 Å². The molecule has 98 valence electrons. The summed E-state index contributed by atoms with van der Waals surface area (Å²) in [5.74, 6) is 1.52. The molecule has 0 fully saturated rings. The number of ether oxygens (including phenoxy) is 1. The van der Waals surface area contributed by atoms with Gasteiger partial charge in [-0.3, -0.25) is 0 Å². The van der Waals surface area contributed by atoms with Crippen LogP contribution in [0.25, 0.3) is 0 Å². The van der Waals surface area contributed by atoms with Crippen LogP contribution in [0, 0.1) is 11.3 Å². The normalized spacial score (nSPS) is 22.9. The number of hydrogen-bond donors (Lipinski definition) is 0. The van der Waals surface area contributed by atoms with E-state index in [2.05, 4.69) is 45.4 Å². The third-order valence-corrected chi connectivity index (χ3v) is 3.26. The minimum atomic E-state index is 0.407. The molecule has 0 saturated carbocycles. The van der Waals surface area contributed by atoms with Crippen LogP contribution in [0.3, 0.4) is 0 Å². The van der Waals surface area contributed by atoms with Crippen LogP contribution in [0.4, 0.5) is 0 Å². The fourth-order valence-corrected chi connectivity index (χ4v) is 2.76. The number of rotatable bonds is 5. The van der Waals surface area contributed by atoms with Crippen LogP contribution < -0.4 is 0 Å². The molecule has 0 radical (unpaired) electrons. The van der Waals surface area contributed by atoms with Gasteiger partial charge in [-0.25, -0.2) is 0 Å². The van der Waals surface area contributed by atoms with E-state index in [1.807, 2.05) is 6.92 Å². The van der Waals surface area contributed by atoms with Crippen molar-refractivity contribution in [2.24, 2.45) is 11.3 Å². The topological polar surface area (TPSA) is 12.5 Å². The van der Waals surface area contributed by atoms with E-state index in [4.69, 9.17) is 4.74 Å². The number of allylic oxidation sites excluding steroid dienone is 2. The van der Waals surface area contributed by atoms with E-state index in [1.165, 1.54) is 12.1 Å². The first-order valence-corrected chi connectivity index (χ1v) is 6.56. The summed E-state index contributed by atoms with van der Waals surface area (Å²) in [6, 6.07) is 0. The zero-order chi connectivity index (χ0) is 13.1. The Kier molecular flexibility index (Phi) is 4.67. The van der Waals surface area contributed by atoms with Gasteiger partial charge < -0.3 is 9.64 Å². The van der Waals surface area contributed by atoms with Gasteiger partial charge in [0.25, 0.3) is 0 Å². The van der Waals surface area contributed by atoms with E-state index in [-0.39, 0.29) is 0 Å². The minimum Gasteiger partial charge on any atom is -0.497 e. The van der Waals surface area contributed by atoms with Crippen molar-refractivity contribution in [1.82, 2.24) is 4.90 Å². The molecule has 0 bridgehead atoms. The molecule has 0 aliphatic heterocycles. The van der Waals surface area contributed by atoms with Crippen LogP contribution in [0.15, 0.2) is 24.1 Å². The third kappa shape index (κ3) is 4.45. The highest BCUT2D eigenvalue weighted by Gasteiger charge is 2.28. The van der Waals surface area contributed by atoms with Gasteiger partial charge in [0, 0.05) is 12.7 Å². The van der Waals surface area contributed by atoms with Crippen LogP contribution in [-0.2, 0) is 4.74 Å². The Morgan fingerprint density at radius 3 is 2.76 bits per heavy atom.